The Morgan fingerprint density at radius 3 is 2.63 bits per heavy atom. The molecule has 0 aromatic heterocycles. The van der Waals surface area contributed by atoms with Crippen molar-refractivity contribution in [3.05, 3.63) is 52.0 Å². The summed E-state index contributed by atoms with van der Waals surface area (Å²) in [4.78, 5) is 0. The summed E-state index contributed by atoms with van der Waals surface area (Å²) in [7, 11) is 1.58. The van der Waals surface area contributed by atoms with Crippen molar-refractivity contribution in [3.63, 3.8) is 0 Å². The molecule has 0 saturated heterocycles. The summed E-state index contributed by atoms with van der Waals surface area (Å²) in [6, 6.07) is 11.4. The van der Waals surface area contributed by atoms with E-state index in [0.717, 1.165) is 15.7 Å². The first kappa shape index (κ1) is 13.7. The lowest BCUT2D eigenvalue weighted by Crippen LogP contribution is -2.00. The van der Waals surface area contributed by atoms with E-state index in [9.17, 15) is 5.11 Å². The second kappa shape index (κ2) is 5.97. The quantitative estimate of drug-likeness (QED) is 0.891. The van der Waals surface area contributed by atoms with E-state index in [1.165, 1.54) is 5.56 Å². The summed E-state index contributed by atoms with van der Waals surface area (Å²) in [5.41, 5.74) is 3.03. The largest absolute Gasteiger partial charge is 0.507 e. The average Bonchev–Trinajstić information content (AvgIpc) is 2.41. The van der Waals surface area contributed by atoms with Crippen molar-refractivity contribution in [2.45, 2.75) is 13.5 Å². The van der Waals surface area contributed by atoms with E-state index in [-0.39, 0.29) is 5.75 Å². The summed E-state index contributed by atoms with van der Waals surface area (Å²) < 4.78 is 6.12. The number of anilines is 1. The topological polar surface area (TPSA) is 41.5 Å². The molecule has 0 atom stereocenters. The van der Waals surface area contributed by atoms with E-state index < -0.39 is 0 Å². The van der Waals surface area contributed by atoms with Crippen LogP contribution < -0.4 is 10.1 Å². The molecule has 2 aromatic rings. The van der Waals surface area contributed by atoms with Crippen LogP contribution in [0.2, 0.25) is 0 Å². The van der Waals surface area contributed by atoms with Crippen LogP contribution in [0.15, 0.2) is 40.9 Å². The lowest BCUT2D eigenvalue weighted by Gasteiger charge is -2.10. The van der Waals surface area contributed by atoms with Crippen LogP contribution in [0.5, 0.6) is 11.5 Å². The number of phenolic OH excluding ortho intramolecular Hbond substituents is 1. The Hall–Kier alpha value is -1.68. The maximum Gasteiger partial charge on any atom is 0.124 e. The highest BCUT2D eigenvalue weighted by molar-refractivity contribution is 9.10. The molecule has 0 spiro atoms. The van der Waals surface area contributed by atoms with Gasteiger partial charge in [-0.15, -0.1) is 0 Å². The fourth-order valence-corrected chi connectivity index (χ4v) is 2.10. The van der Waals surface area contributed by atoms with Gasteiger partial charge in [0.2, 0.25) is 0 Å². The minimum Gasteiger partial charge on any atom is -0.507 e. The van der Waals surface area contributed by atoms with E-state index in [1.54, 1.807) is 13.2 Å². The van der Waals surface area contributed by atoms with Crippen LogP contribution in [0.25, 0.3) is 0 Å². The third-order valence-corrected chi connectivity index (χ3v) is 3.80. The van der Waals surface area contributed by atoms with Gasteiger partial charge in [0.25, 0.3) is 0 Å². The third-order valence-electron chi connectivity index (χ3n) is 2.95. The van der Waals surface area contributed by atoms with E-state index in [1.807, 2.05) is 37.3 Å². The fourth-order valence-electron chi connectivity index (χ4n) is 1.72. The summed E-state index contributed by atoms with van der Waals surface area (Å²) in [5.74, 6) is 0.886. The van der Waals surface area contributed by atoms with Crippen LogP contribution in [-0.4, -0.2) is 12.2 Å². The van der Waals surface area contributed by atoms with Crippen molar-refractivity contribution in [3.8, 4) is 11.5 Å². The molecular weight excluding hydrogens is 306 g/mol. The van der Waals surface area contributed by atoms with Crippen LogP contribution in [0.1, 0.15) is 11.1 Å². The van der Waals surface area contributed by atoms with Gasteiger partial charge in [0, 0.05) is 28.3 Å². The highest BCUT2D eigenvalue weighted by Crippen LogP contribution is 2.25. The molecule has 0 amide bonds. The summed E-state index contributed by atoms with van der Waals surface area (Å²) >= 11 is 3.50. The van der Waals surface area contributed by atoms with Crippen molar-refractivity contribution in [2.24, 2.45) is 0 Å². The number of aromatic hydroxyl groups is 1. The average molecular weight is 322 g/mol. The molecule has 0 saturated carbocycles. The monoisotopic (exact) mass is 321 g/mol. The second-order valence-corrected chi connectivity index (χ2v) is 5.17. The van der Waals surface area contributed by atoms with Crippen molar-refractivity contribution in [2.75, 3.05) is 12.4 Å². The Labute approximate surface area is 121 Å². The fraction of sp³-hybridized carbons (Fsp3) is 0.200. The number of rotatable bonds is 4. The zero-order valence-electron chi connectivity index (χ0n) is 10.9. The molecule has 2 aromatic carbocycles. The van der Waals surface area contributed by atoms with Gasteiger partial charge < -0.3 is 15.2 Å². The first-order valence-electron chi connectivity index (χ1n) is 5.96. The van der Waals surface area contributed by atoms with Crippen LogP contribution in [0.4, 0.5) is 5.69 Å². The Morgan fingerprint density at radius 2 is 2.00 bits per heavy atom. The summed E-state index contributed by atoms with van der Waals surface area (Å²) in [5, 5.41) is 13.1. The molecule has 0 aliphatic rings. The number of aryl methyl sites for hydroxylation is 1. The maximum atomic E-state index is 9.87. The molecule has 0 heterocycles. The molecule has 2 N–H and O–H groups in total. The third kappa shape index (κ3) is 3.41. The van der Waals surface area contributed by atoms with E-state index in [2.05, 4.69) is 21.2 Å². The molecule has 3 nitrogen and oxygen atoms in total. The zero-order chi connectivity index (χ0) is 13.8. The number of phenols is 1. The van der Waals surface area contributed by atoms with Gasteiger partial charge in [-0.05, 0) is 36.8 Å². The molecule has 2 rings (SSSR count). The molecule has 100 valence electrons. The van der Waals surface area contributed by atoms with Crippen molar-refractivity contribution in [1.82, 2.24) is 0 Å². The van der Waals surface area contributed by atoms with Gasteiger partial charge in [-0.3, -0.25) is 0 Å². The number of hydrogen-bond donors (Lipinski definition) is 2. The minimum atomic E-state index is 0.234. The predicted molar refractivity (Wildman–Crippen MR) is 80.9 cm³/mol. The highest BCUT2D eigenvalue weighted by Gasteiger charge is 2.03. The Bertz CT molecular complexity index is 584. The maximum absolute atomic E-state index is 9.87. The molecule has 19 heavy (non-hydrogen) atoms. The number of benzene rings is 2. The first-order chi connectivity index (χ1) is 9.10. The van der Waals surface area contributed by atoms with E-state index in [4.69, 9.17) is 4.74 Å². The van der Waals surface area contributed by atoms with Gasteiger partial charge in [0.05, 0.1) is 7.11 Å². The summed E-state index contributed by atoms with van der Waals surface area (Å²) in [6.07, 6.45) is 0. The zero-order valence-corrected chi connectivity index (χ0v) is 12.5. The Kier molecular flexibility index (Phi) is 4.32. The predicted octanol–water partition coefficient (Wildman–Crippen LogP) is 4.08. The SMILES string of the molecule is COc1ccc(CNc2ccc(C)c(Br)c2)c(O)c1. The molecule has 0 radical (unpaired) electrons. The molecule has 4 heteroatoms. The number of hydrogen-bond acceptors (Lipinski definition) is 3. The van der Waals surface area contributed by atoms with Crippen molar-refractivity contribution < 1.29 is 9.84 Å². The molecule has 0 bridgehead atoms. The second-order valence-electron chi connectivity index (χ2n) is 4.31. The van der Waals surface area contributed by atoms with Gasteiger partial charge in [0.1, 0.15) is 11.5 Å². The standard InChI is InChI=1S/C15H16BrNO2/c1-10-3-5-12(7-14(10)16)17-9-11-4-6-13(19-2)8-15(11)18/h3-8,17-18H,9H2,1-2H3. The molecule has 0 unspecified atom stereocenters. The van der Waals surface area contributed by atoms with Gasteiger partial charge in [-0.2, -0.15) is 0 Å². The lowest BCUT2D eigenvalue weighted by atomic mass is 10.1. The van der Waals surface area contributed by atoms with Gasteiger partial charge in [-0.1, -0.05) is 22.0 Å². The normalized spacial score (nSPS) is 10.3. The lowest BCUT2D eigenvalue weighted by molar-refractivity contribution is 0.406. The van der Waals surface area contributed by atoms with Crippen molar-refractivity contribution >= 4 is 21.6 Å². The smallest absolute Gasteiger partial charge is 0.124 e. The van der Waals surface area contributed by atoms with E-state index in [0.29, 0.717) is 12.3 Å². The van der Waals surface area contributed by atoms with Crippen LogP contribution >= 0.6 is 15.9 Å². The minimum absolute atomic E-state index is 0.234. The number of ether oxygens (including phenoxy) is 1. The van der Waals surface area contributed by atoms with Crippen LogP contribution in [0.3, 0.4) is 0 Å². The Balaban J connectivity index is 2.07. The van der Waals surface area contributed by atoms with Gasteiger partial charge >= 0.3 is 0 Å². The first-order valence-corrected chi connectivity index (χ1v) is 6.75. The van der Waals surface area contributed by atoms with Gasteiger partial charge in [-0.25, -0.2) is 0 Å². The number of halogens is 1. The Morgan fingerprint density at radius 1 is 1.21 bits per heavy atom. The van der Waals surface area contributed by atoms with Gasteiger partial charge in [0.15, 0.2) is 0 Å². The van der Waals surface area contributed by atoms with E-state index >= 15 is 0 Å². The molecule has 0 fully saturated rings. The molecule has 0 aliphatic heterocycles. The molecular formula is C15H16BrNO2. The number of methoxy groups -OCH3 is 1. The van der Waals surface area contributed by atoms with Crippen molar-refractivity contribution in [1.29, 1.82) is 0 Å². The molecule has 0 aliphatic carbocycles. The van der Waals surface area contributed by atoms with Crippen LogP contribution in [0, 0.1) is 6.92 Å². The highest BCUT2D eigenvalue weighted by atomic mass is 79.9. The number of nitrogens with one attached hydrogen (secondary N) is 1. The summed E-state index contributed by atoms with van der Waals surface area (Å²) in [6.45, 7) is 2.61. The van der Waals surface area contributed by atoms with Crippen LogP contribution in [-0.2, 0) is 6.54 Å².